The van der Waals surface area contributed by atoms with E-state index in [0.717, 1.165) is 17.2 Å². The van der Waals surface area contributed by atoms with Gasteiger partial charge in [0.05, 0.1) is 11.4 Å². The van der Waals surface area contributed by atoms with Crippen LogP contribution < -0.4 is 9.62 Å². The Morgan fingerprint density at radius 1 is 1.00 bits per heavy atom. The van der Waals surface area contributed by atoms with Crippen molar-refractivity contribution in [2.75, 3.05) is 21.9 Å². The van der Waals surface area contributed by atoms with E-state index in [4.69, 9.17) is 0 Å². The van der Waals surface area contributed by atoms with Crippen molar-refractivity contribution in [1.82, 2.24) is 4.98 Å². The van der Waals surface area contributed by atoms with Gasteiger partial charge in [-0.2, -0.15) is 0 Å². The van der Waals surface area contributed by atoms with Gasteiger partial charge in [0.1, 0.15) is 0 Å². The number of sulfonamides is 1. The molecule has 1 fully saturated rings. The number of nitrogens with one attached hydrogen (secondary N) is 1. The highest BCUT2D eigenvalue weighted by Crippen LogP contribution is 2.24. The molecule has 6 nitrogen and oxygen atoms in total. The first-order chi connectivity index (χ1) is 13.0. The van der Waals surface area contributed by atoms with Gasteiger partial charge in [0.15, 0.2) is 0 Å². The van der Waals surface area contributed by atoms with Gasteiger partial charge in [0.25, 0.3) is 5.91 Å². The minimum atomic E-state index is -3.25. The lowest BCUT2D eigenvalue weighted by Crippen LogP contribution is -2.37. The topological polar surface area (TPSA) is 79.4 Å². The molecule has 1 aromatic heterocycles. The fourth-order valence-electron chi connectivity index (χ4n) is 3.22. The van der Waals surface area contributed by atoms with Crippen LogP contribution in [-0.2, 0) is 10.0 Å². The summed E-state index contributed by atoms with van der Waals surface area (Å²) in [5, 5.41) is 4.87. The number of fused-ring (bicyclic) bond motifs is 1. The molecule has 27 heavy (non-hydrogen) atoms. The summed E-state index contributed by atoms with van der Waals surface area (Å²) >= 11 is 0. The Hall–Kier alpha value is -2.93. The second kappa shape index (κ2) is 7.00. The number of aromatic nitrogens is 1. The lowest BCUT2D eigenvalue weighted by Gasteiger charge is -2.28. The van der Waals surface area contributed by atoms with Crippen molar-refractivity contribution in [2.24, 2.45) is 0 Å². The highest BCUT2D eigenvalue weighted by atomic mass is 32.2. The lowest BCUT2D eigenvalue weighted by atomic mass is 10.1. The summed E-state index contributed by atoms with van der Waals surface area (Å²) in [6, 6.07) is 14.2. The predicted molar refractivity (Wildman–Crippen MR) is 107 cm³/mol. The average molecular weight is 381 g/mol. The Morgan fingerprint density at radius 3 is 2.59 bits per heavy atom. The smallest absolute Gasteiger partial charge is 0.255 e. The third-order valence-electron chi connectivity index (χ3n) is 4.67. The van der Waals surface area contributed by atoms with E-state index in [-0.39, 0.29) is 11.7 Å². The van der Waals surface area contributed by atoms with Crippen molar-refractivity contribution >= 4 is 38.1 Å². The molecule has 0 aliphatic carbocycles. The summed E-state index contributed by atoms with van der Waals surface area (Å²) in [6.07, 6.45) is 5.02. The largest absolute Gasteiger partial charge is 0.322 e. The second-order valence-corrected chi connectivity index (χ2v) is 8.55. The van der Waals surface area contributed by atoms with Crippen LogP contribution in [0.5, 0.6) is 0 Å². The summed E-state index contributed by atoms with van der Waals surface area (Å²) in [7, 11) is -3.25. The van der Waals surface area contributed by atoms with Crippen LogP contribution in [0.25, 0.3) is 10.8 Å². The van der Waals surface area contributed by atoms with Crippen molar-refractivity contribution in [1.29, 1.82) is 0 Å². The first-order valence-corrected chi connectivity index (χ1v) is 10.4. The SMILES string of the molecule is O=C(Nc1ccc2cnccc2c1)c1ccc(N2CCCCS2(=O)=O)cc1. The zero-order valence-corrected chi connectivity index (χ0v) is 15.4. The number of rotatable bonds is 3. The van der Waals surface area contributed by atoms with Gasteiger partial charge in [0, 0.05) is 35.6 Å². The first-order valence-electron chi connectivity index (χ1n) is 8.79. The number of carbonyl (C=O) groups is 1. The van der Waals surface area contributed by atoms with Crippen LogP contribution in [0.2, 0.25) is 0 Å². The van der Waals surface area contributed by atoms with Crippen molar-refractivity contribution in [3.8, 4) is 0 Å². The predicted octanol–water partition coefficient (Wildman–Crippen LogP) is 3.42. The number of nitrogens with zero attached hydrogens (tertiary/aromatic N) is 2. The van der Waals surface area contributed by atoms with Crippen molar-refractivity contribution in [3.05, 3.63) is 66.5 Å². The molecule has 0 spiro atoms. The van der Waals surface area contributed by atoms with Crippen LogP contribution in [-0.4, -0.2) is 31.6 Å². The molecule has 7 heteroatoms. The Bertz CT molecular complexity index is 1090. The van der Waals surface area contributed by atoms with E-state index in [9.17, 15) is 13.2 Å². The van der Waals surface area contributed by atoms with E-state index >= 15 is 0 Å². The lowest BCUT2D eigenvalue weighted by molar-refractivity contribution is 0.102. The monoisotopic (exact) mass is 381 g/mol. The molecule has 0 unspecified atom stereocenters. The number of pyridine rings is 1. The Kier molecular flexibility index (Phi) is 4.53. The Morgan fingerprint density at radius 2 is 1.81 bits per heavy atom. The third kappa shape index (κ3) is 3.64. The van der Waals surface area contributed by atoms with Crippen molar-refractivity contribution in [3.63, 3.8) is 0 Å². The van der Waals surface area contributed by atoms with Crippen LogP contribution in [0.15, 0.2) is 60.9 Å². The second-order valence-electron chi connectivity index (χ2n) is 6.53. The molecule has 1 aliphatic heterocycles. The highest BCUT2D eigenvalue weighted by molar-refractivity contribution is 7.92. The van der Waals surface area contributed by atoms with Crippen molar-refractivity contribution < 1.29 is 13.2 Å². The molecule has 2 aromatic carbocycles. The average Bonchev–Trinajstić information content (AvgIpc) is 2.68. The minimum absolute atomic E-state index is 0.173. The molecule has 1 N–H and O–H groups in total. The van der Waals surface area contributed by atoms with E-state index in [1.165, 1.54) is 4.31 Å². The van der Waals surface area contributed by atoms with Gasteiger partial charge >= 0.3 is 0 Å². The summed E-state index contributed by atoms with van der Waals surface area (Å²) in [5.74, 6) is -0.0661. The summed E-state index contributed by atoms with van der Waals surface area (Å²) in [5.41, 5.74) is 1.77. The summed E-state index contributed by atoms with van der Waals surface area (Å²) in [6.45, 7) is 0.486. The van der Waals surface area contributed by atoms with E-state index in [2.05, 4.69) is 10.3 Å². The van der Waals surface area contributed by atoms with Crippen LogP contribution >= 0.6 is 0 Å². The highest BCUT2D eigenvalue weighted by Gasteiger charge is 2.25. The number of anilines is 2. The van der Waals surface area contributed by atoms with Crippen LogP contribution in [0.4, 0.5) is 11.4 Å². The summed E-state index contributed by atoms with van der Waals surface area (Å²) < 4.78 is 25.8. The molecule has 2 heterocycles. The molecule has 0 radical (unpaired) electrons. The summed E-state index contributed by atoms with van der Waals surface area (Å²) in [4.78, 5) is 16.6. The van der Waals surface area contributed by atoms with Gasteiger partial charge in [-0.05, 0) is 60.7 Å². The minimum Gasteiger partial charge on any atom is -0.322 e. The fraction of sp³-hybridized carbons (Fsp3) is 0.200. The van der Waals surface area contributed by atoms with Gasteiger partial charge in [0.2, 0.25) is 10.0 Å². The molecule has 0 bridgehead atoms. The molecular formula is C20H19N3O3S. The zero-order valence-electron chi connectivity index (χ0n) is 14.6. The van der Waals surface area contributed by atoms with Gasteiger partial charge in [-0.15, -0.1) is 0 Å². The van der Waals surface area contributed by atoms with E-state index in [1.807, 2.05) is 24.3 Å². The maximum atomic E-state index is 12.5. The Labute approximate surface area is 157 Å². The van der Waals surface area contributed by atoms with Crippen LogP contribution in [0.3, 0.4) is 0 Å². The third-order valence-corrected chi connectivity index (χ3v) is 6.53. The maximum absolute atomic E-state index is 12.5. The molecule has 1 saturated heterocycles. The van der Waals surface area contributed by atoms with Crippen LogP contribution in [0.1, 0.15) is 23.2 Å². The van der Waals surface area contributed by atoms with Gasteiger partial charge < -0.3 is 5.32 Å². The van der Waals surface area contributed by atoms with E-state index in [1.54, 1.807) is 36.7 Å². The molecule has 0 atom stereocenters. The maximum Gasteiger partial charge on any atom is 0.255 e. The standard InChI is InChI=1S/C20H19N3O3S/c24-20(22-18-6-3-17-14-21-10-9-16(17)13-18)15-4-7-19(8-5-15)23-11-1-2-12-27(23,25)26/h3-10,13-14H,1-2,11-12H2,(H,22,24). The Balaban J connectivity index is 1.52. The molecular weight excluding hydrogens is 362 g/mol. The number of carbonyl (C=O) groups excluding carboxylic acids is 1. The fourth-order valence-corrected chi connectivity index (χ4v) is 4.86. The zero-order chi connectivity index (χ0) is 18.9. The van der Waals surface area contributed by atoms with E-state index in [0.29, 0.717) is 29.9 Å². The number of hydrogen-bond acceptors (Lipinski definition) is 4. The molecule has 138 valence electrons. The normalized spacial score (nSPS) is 16.2. The quantitative estimate of drug-likeness (QED) is 0.754. The molecule has 1 aliphatic rings. The van der Waals surface area contributed by atoms with Gasteiger partial charge in [-0.25, -0.2) is 8.42 Å². The molecule has 3 aromatic rings. The van der Waals surface area contributed by atoms with Gasteiger partial charge in [-0.1, -0.05) is 6.07 Å². The molecule has 0 saturated carbocycles. The van der Waals surface area contributed by atoms with Crippen molar-refractivity contribution in [2.45, 2.75) is 12.8 Å². The van der Waals surface area contributed by atoms with E-state index < -0.39 is 10.0 Å². The number of benzene rings is 2. The van der Waals surface area contributed by atoms with Gasteiger partial charge in [-0.3, -0.25) is 14.1 Å². The number of amides is 1. The first kappa shape index (κ1) is 17.5. The van der Waals surface area contributed by atoms with Crippen LogP contribution in [0, 0.1) is 0 Å². The molecule has 1 amide bonds. The molecule has 4 rings (SSSR count). The number of hydrogen-bond donors (Lipinski definition) is 1.